The normalized spacial score (nSPS) is 8.77. The van der Waals surface area contributed by atoms with Crippen LogP contribution in [0.3, 0.4) is 0 Å². The van der Waals surface area contributed by atoms with Gasteiger partial charge in [-0.1, -0.05) is 11.8 Å². The number of hydrogen-bond acceptors (Lipinski definition) is 4. The molecule has 0 unspecified atom stereocenters. The van der Waals surface area contributed by atoms with Crippen LogP contribution in [0, 0.1) is 11.8 Å². The Morgan fingerprint density at radius 2 is 2.15 bits per heavy atom. The van der Waals surface area contributed by atoms with Crippen LogP contribution in [-0.4, -0.2) is 30.7 Å². The van der Waals surface area contributed by atoms with Crippen molar-refractivity contribution in [3.8, 4) is 17.9 Å². The van der Waals surface area contributed by atoms with Gasteiger partial charge in [-0.25, -0.2) is 9.97 Å². The molecule has 0 fully saturated rings. The fraction of sp³-hybridized carbons (Fsp3) is 0.333. The monoisotopic (exact) mass is 177 g/mol. The minimum absolute atomic E-state index is 0.360. The molecule has 4 heteroatoms. The molecule has 1 heterocycles. The molecule has 0 aliphatic rings. The fourth-order valence-electron chi connectivity index (χ4n) is 0.721. The van der Waals surface area contributed by atoms with Crippen LogP contribution in [0.4, 0.5) is 0 Å². The quantitative estimate of drug-likeness (QED) is 0.649. The lowest BCUT2D eigenvalue weighted by Gasteiger charge is -1.94. The Morgan fingerprint density at radius 3 is 2.69 bits per heavy atom. The molecular weight excluding hydrogens is 166 g/mol. The highest BCUT2D eigenvalue weighted by atomic mass is 16.5. The second kappa shape index (κ2) is 5.12. The average molecular weight is 177 g/mol. The molecule has 13 heavy (non-hydrogen) atoms. The zero-order chi connectivity index (χ0) is 9.52. The van der Waals surface area contributed by atoms with E-state index in [4.69, 9.17) is 4.74 Å². The molecule has 1 aromatic rings. The summed E-state index contributed by atoms with van der Waals surface area (Å²) in [7, 11) is 3.38. The number of rotatable bonds is 2. The molecule has 0 saturated heterocycles. The Labute approximate surface area is 77.4 Å². The SMILES string of the molecule is CNCC#Cc1cnc(OC)nc1. The topological polar surface area (TPSA) is 47.0 Å². The van der Waals surface area contributed by atoms with Gasteiger partial charge in [0, 0.05) is 12.4 Å². The van der Waals surface area contributed by atoms with Crippen molar-refractivity contribution in [2.75, 3.05) is 20.7 Å². The third-order valence-electron chi connectivity index (χ3n) is 1.31. The maximum Gasteiger partial charge on any atom is 0.316 e. The van der Waals surface area contributed by atoms with E-state index in [0.29, 0.717) is 12.6 Å². The van der Waals surface area contributed by atoms with Crippen molar-refractivity contribution >= 4 is 0 Å². The summed E-state index contributed by atoms with van der Waals surface area (Å²) in [4.78, 5) is 7.84. The molecule has 68 valence electrons. The van der Waals surface area contributed by atoms with Crippen molar-refractivity contribution in [2.45, 2.75) is 0 Å². The lowest BCUT2D eigenvalue weighted by Crippen LogP contribution is -2.04. The van der Waals surface area contributed by atoms with E-state index in [1.165, 1.54) is 7.11 Å². The van der Waals surface area contributed by atoms with Gasteiger partial charge in [-0.3, -0.25) is 0 Å². The molecule has 1 aromatic heterocycles. The van der Waals surface area contributed by atoms with E-state index in [9.17, 15) is 0 Å². The number of hydrogen-bond donors (Lipinski definition) is 1. The van der Waals surface area contributed by atoms with E-state index < -0.39 is 0 Å². The van der Waals surface area contributed by atoms with Gasteiger partial charge < -0.3 is 10.1 Å². The van der Waals surface area contributed by atoms with Gasteiger partial charge in [-0.05, 0) is 7.05 Å². The molecule has 0 aliphatic heterocycles. The summed E-state index contributed by atoms with van der Waals surface area (Å²) in [5.74, 6) is 5.81. The molecule has 0 saturated carbocycles. The van der Waals surface area contributed by atoms with Gasteiger partial charge in [0.05, 0.1) is 19.2 Å². The predicted molar refractivity (Wildman–Crippen MR) is 49.4 cm³/mol. The minimum atomic E-state index is 0.360. The maximum atomic E-state index is 4.81. The Bertz CT molecular complexity index is 310. The molecule has 1 N–H and O–H groups in total. The Balaban J connectivity index is 2.65. The van der Waals surface area contributed by atoms with Gasteiger partial charge >= 0.3 is 6.01 Å². The van der Waals surface area contributed by atoms with E-state index in [1.807, 2.05) is 7.05 Å². The van der Waals surface area contributed by atoms with E-state index in [2.05, 4.69) is 27.1 Å². The van der Waals surface area contributed by atoms with Crippen LogP contribution in [0.2, 0.25) is 0 Å². The van der Waals surface area contributed by atoms with Gasteiger partial charge in [0.1, 0.15) is 0 Å². The Morgan fingerprint density at radius 1 is 1.46 bits per heavy atom. The molecule has 0 atom stereocenters. The summed E-state index contributed by atoms with van der Waals surface area (Å²) in [6, 6.07) is 0.360. The number of nitrogens with zero attached hydrogens (tertiary/aromatic N) is 2. The van der Waals surface area contributed by atoms with Crippen molar-refractivity contribution < 1.29 is 4.74 Å². The number of aromatic nitrogens is 2. The van der Waals surface area contributed by atoms with Crippen molar-refractivity contribution in [2.24, 2.45) is 0 Å². The molecule has 0 spiro atoms. The fourth-order valence-corrected chi connectivity index (χ4v) is 0.721. The van der Waals surface area contributed by atoms with Crippen LogP contribution in [-0.2, 0) is 0 Å². The van der Waals surface area contributed by atoms with Crippen molar-refractivity contribution in [3.63, 3.8) is 0 Å². The smallest absolute Gasteiger partial charge is 0.316 e. The molecule has 1 rings (SSSR count). The summed E-state index contributed by atoms with van der Waals surface area (Å²) in [5.41, 5.74) is 0.788. The van der Waals surface area contributed by atoms with Gasteiger partial charge in [0.25, 0.3) is 0 Å². The first kappa shape index (κ1) is 9.49. The summed E-state index contributed by atoms with van der Waals surface area (Å²) in [6.45, 7) is 0.659. The zero-order valence-electron chi connectivity index (χ0n) is 7.66. The third-order valence-corrected chi connectivity index (χ3v) is 1.31. The van der Waals surface area contributed by atoms with Crippen LogP contribution < -0.4 is 10.1 Å². The molecule has 0 aromatic carbocycles. The zero-order valence-corrected chi connectivity index (χ0v) is 7.66. The Hall–Kier alpha value is -1.60. The molecule has 0 amide bonds. The first-order valence-corrected chi connectivity index (χ1v) is 3.86. The van der Waals surface area contributed by atoms with Crippen LogP contribution in [0.5, 0.6) is 6.01 Å². The van der Waals surface area contributed by atoms with Gasteiger partial charge in [-0.2, -0.15) is 0 Å². The first-order valence-electron chi connectivity index (χ1n) is 3.86. The summed E-state index contributed by atoms with van der Waals surface area (Å²) in [6.07, 6.45) is 3.27. The average Bonchev–Trinajstić information content (AvgIpc) is 2.19. The van der Waals surface area contributed by atoms with Crippen molar-refractivity contribution in [3.05, 3.63) is 18.0 Å². The lowest BCUT2D eigenvalue weighted by atomic mass is 10.3. The predicted octanol–water partition coefficient (Wildman–Crippen LogP) is 0.0561. The second-order valence-corrected chi connectivity index (χ2v) is 2.29. The number of ether oxygens (including phenoxy) is 1. The van der Waals surface area contributed by atoms with Crippen LogP contribution in [0.15, 0.2) is 12.4 Å². The highest BCUT2D eigenvalue weighted by Gasteiger charge is 1.92. The number of methoxy groups -OCH3 is 1. The van der Waals surface area contributed by atoms with E-state index >= 15 is 0 Å². The molecule has 4 nitrogen and oxygen atoms in total. The molecular formula is C9H11N3O. The molecule has 0 bridgehead atoms. The summed E-state index contributed by atoms with van der Waals surface area (Å²) >= 11 is 0. The van der Waals surface area contributed by atoms with Crippen LogP contribution in [0.1, 0.15) is 5.56 Å². The summed E-state index contributed by atoms with van der Waals surface area (Å²) in [5, 5.41) is 2.92. The van der Waals surface area contributed by atoms with E-state index in [-0.39, 0.29) is 0 Å². The largest absolute Gasteiger partial charge is 0.467 e. The van der Waals surface area contributed by atoms with Crippen molar-refractivity contribution in [1.82, 2.24) is 15.3 Å². The van der Waals surface area contributed by atoms with E-state index in [0.717, 1.165) is 5.56 Å². The van der Waals surface area contributed by atoms with Crippen LogP contribution in [0.25, 0.3) is 0 Å². The van der Waals surface area contributed by atoms with Gasteiger partial charge in [-0.15, -0.1) is 0 Å². The first-order chi connectivity index (χ1) is 6.36. The van der Waals surface area contributed by atoms with Gasteiger partial charge in [0.15, 0.2) is 0 Å². The second-order valence-electron chi connectivity index (χ2n) is 2.29. The molecule has 0 radical (unpaired) electrons. The Kier molecular flexibility index (Phi) is 3.74. The highest BCUT2D eigenvalue weighted by molar-refractivity contribution is 5.30. The lowest BCUT2D eigenvalue weighted by molar-refractivity contribution is 0.379. The van der Waals surface area contributed by atoms with Crippen LogP contribution >= 0.6 is 0 Å². The summed E-state index contributed by atoms with van der Waals surface area (Å²) < 4.78 is 4.81. The molecule has 0 aliphatic carbocycles. The minimum Gasteiger partial charge on any atom is -0.467 e. The van der Waals surface area contributed by atoms with E-state index in [1.54, 1.807) is 12.4 Å². The standard InChI is InChI=1S/C9H11N3O/c1-10-5-3-4-8-6-11-9(13-2)12-7-8/h6-7,10H,5H2,1-2H3. The highest BCUT2D eigenvalue weighted by Crippen LogP contribution is 1.99. The van der Waals surface area contributed by atoms with Gasteiger partial charge in [0.2, 0.25) is 0 Å². The van der Waals surface area contributed by atoms with Crippen molar-refractivity contribution in [1.29, 1.82) is 0 Å². The number of nitrogens with one attached hydrogen (secondary N) is 1. The maximum absolute atomic E-state index is 4.81. The third kappa shape index (κ3) is 3.09.